The fourth-order valence-electron chi connectivity index (χ4n) is 8.94. The van der Waals surface area contributed by atoms with Crippen LogP contribution >= 0.6 is 0 Å². The molecule has 1 heteroatoms. The lowest BCUT2D eigenvalue weighted by Crippen LogP contribution is -2.10. The SMILES string of the molecule is c1ccc(-c2cccc(N(c3ccc(-c4ccccc4-c4ccc5c(ccc6c7ccccc7ccc56)c4)cc3)c3ccc(-c4cccc5ccccc45)cc3)c2)cc1. The van der Waals surface area contributed by atoms with E-state index in [1.807, 2.05) is 0 Å². The maximum Gasteiger partial charge on any atom is 0.0467 e. The smallest absolute Gasteiger partial charge is 0.0467 e. The van der Waals surface area contributed by atoms with Gasteiger partial charge in [-0.05, 0) is 130 Å². The molecule has 0 bridgehead atoms. The Morgan fingerprint density at radius 1 is 0.203 bits per heavy atom. The molecular formula is C58H39N. The van der Waals surface area contributed by atoms with Crippen molar-refractivity contribution in [1.29, 1.82) is 0 Å². The van der Waals surface area contributed by atoms with E-state index in [2.05, 4.69) is 241 Å². The summed E-state index contributed by atoms with van der Waals surface area (Å²) in [4.78, 5) is 2.37. The molecule has 0 radical (unpaired) electrons. The van der Waals surface area contributed by atoms with E-state index < -0.39 is 0 Å². The zero-order chi connectivity index (χ0) is 39.1. The molecule has 0 N–H and O–H groups in total. The molecule has 11 aromatic rings. The van der Waals surface area contributed by atoms with E-state index in [4.69, 9.17) is 0 Å². The van der Waals surface area contributed by atoms with Crippen molar-refractivity contribution in [3.8, 4) is 44.5 Å². The Bertz CT molecular complexity index is 3300. The predicted molar refractivity (Wildman–Crippen MR) is 253 cm³/mol. The molecule has 0 saturated carbocycles. The predicted octanol–water partition coefficient (Wildman–Crippen LogP) is 16.4. The number of fused-ring (bicyclic) bond motifs is 6. The van der Waals surface area contributed by atoms with Crippen molar-refractivity contribution < 1.29 is 0 Å². The van der Waals surface area contributed by atoms with Crippen LogP contribution in [0.2, 0.25) is 0 Å². The second kappa shape index (κ2) is 14.6. The van der Waals surface area contributed by atoms with E-state index in [9.17, 15) is 0 Å². The number of nitrogens with zero attached hydrogens (tertiary/aromatic N) is 1. The number of rotatable bonds is 7. The number of benzene rings is 11. The number of hydrogen-bond donors (Lipinski definition) is 0. The molecule has 0 spiro atoms. The molecule has 59 heavy (non-hydrogen) atoms. The van der Waals surface area contributed by atoms with Gasteiger partial charge in [0.05, 0.1) is 0 Å². The number of hydrogen-bond acceptors (Lipinski definition) is 1. The van der Waals surface area contributed by atoms with Crippen LogP contribution < -0.4 is 4.90 Å². The quantitative estimate of drug-likeness (QED) is 0.147. The minimum Gasteiger partial charge on any atom is -0.310 e. The molecule has 1 nitrogen and oxygen atoms in total. The van der Waals surface area contributed by atoms with Gasteiger partial charge in [-0.2, -0.15) is 0 Å². The Kier molecular flexibility index (Phi) is 8.56. The van der Waals surface area contributed by atoms with E-state index in [0.717, 1.165) is 17.1 Å². The fourth-order valence-corrected chi connectivity index (χ4v) is 8.94. The Labute approximate surface area is 344 Å². The summed E-state index contributed by atoms with van der Waals surface area (Å²) >= 11 is 0. The van der Waals surface area contributed by atoms with E-state index in [1.54, 1.807) is 0 Å². The molecule has 0 saturated heterocycles. The van der Waals surface area contributed by atoms with Gasteiger partial charge in [0, 0.05) is 17.1 Å². The minimum atomic E-state index is 1.10. The van der Waals surface area contributed by atoms with Crippen LogP contribution in [0, 0.1) is 0 Å². The summed E-state index contributed by atoms with van der Waals surface area (Å²) in [6, 6.07) is 86.2. The van der Waals surface area contributed by atoms with Crippen molar-refractivity contribution in [2.75, 3.05) is 4.90 Å². The summed E-state index contributed by atoms with van der Waals surface area (Å²) in [6.45, 7) is 0. The highest BCUT2D eigenvalue weighted by Gasteiger charge is 2.16. The molecule has 0 fully saturated rings. The van der Waals surface area contributed by atoms with Crippen LogP contribution in [0.3, 0.4) is 0 Å². The Balaban J connectivity index is 0.975. The highest BCUT2D eigenvalue weighted by atomic mass is 15.1. The van der Waals surface area contributed by atoms with Crippen molar-refractivity contribution in [2.24, 2.45) is 0 Å². The van der Waals surface area contributed by atoms with Gasteiger partial charge in [-0.15, -0.1) is 0 Å². The Morgan fingerprint density at radius 2 is 0.678 bits per heavy atom. The molecule has 11 aromatic carbocycles. The van der Waals surface area contributed by atoms with Crippen molar-refractivity contribution in [3.63, 3.8) is 0 Å². The molecule has 11 rings (SSSR count). The van der Waals surface area contributed by atoms with Crippen LogP contribution in [-0.2, 0) is 0 Å². The summed E-state index contributed by atoms with van der Waals surface area (Å²) in [5, 5.41) is 10.2. The maximum absolute atomic E-state index is 2.37. The normalized spacial score (nSPS) is 11.4. The van der Waals surface area contributed by atoms with Gasteiger partial charge in [0.25, 0.3) is 0 Å². The van der Waals surface area contributed by atoms with Crippen molar-refractivity contribution >= 4 is 60.2 Å². The van der Waals surface area contributed by atoms with Gasteiger partial charge in [0.15, 0.2) is 0 Å². The largest absolute Gasteiger partial charge is 0.310 e. The van der Waals surface area contributed by atoms with Crippen LogP contribution in [0.1, 0.15) is 0 Å². The molecule has 0 aromatic heterocycles. The first kappa shape index (κ1) is 34.5. The Morgan fingerprint density at radius 3 is 1.41 bits per heavy atom. The molecule has 0 unspecified atom stereocenters. The molecule has 0 heterocycles. The van der Waals surface area contributed by atoms with Crippen LogP contribution in [0.15, 0.2) is 237 Å². The van der Waals surface area contributed by atoms with Gasteiger partial charge in [-0.1, -0.05) is 194 Å². The molecule has 0 aliphatic rings. The summed E-state index contributed by atoms with van der Waals surface area (Å²) < 4.78 is 0. The van der Waals surface area contributed by atoms with Gasteiger partial charge in [-0.25, -0.2) is 0 Å². The molecular weight excluding hydrogens is 711 g/mol. The van der Waals surface area contributed by atoms with E-state index in [-0.39, 0.29) is 0 Å². The van der Waals surface area contributed by atoms with Gasteiger partial charge < -0.3 is 4.90 Å². The Hall–Kier alpha value is -7.74. The van der Waals surface area contributed by atoms with Gasteiger partial charge in [0.1, 0.15) is 0 Å². The average molecular weight is 750 g/mol. The molecule has 276 valence electrons. The third-order valence-electron chi connectivity index (χ3n) is 11.9. The van der Waals surface area contributed by atoms with Gasteiger partial charge in [-0.3, -0.25) is 0 Å². The van der Waals surface area contributed by atoms with Crippen molar-refractivity contribution in [2.45, 2.75) is 0 Å². The van der Waals surface area contributed by atoms with Crippen molar-refractivity contribution in [3.05, 3.63) is 237 Å². The molecule has 0 amide bonds. The van der Waals surface area contributed by atoms with Crippen molar-refractivity contribution in [1.82, 2.24) is 0 Å². The fraction of sp³-hybridized carbons (Fsp3) is 0. The second-order valence-corrected chi connectivity index (χ2v) is 15.3. The van der Waals surface area contributed by atoms with Gasteiger partial charge in [0.2, 0.25) is 0 Å². The summed E-state index contributed by atoms with van der Waals surface area (Å²) in [5.74, 6) is 0. The first-order valence-corrected chi connectivity index (χ1v) is 20.3. The first-order chi connectivity index (χ1) is 29.2. The standard InChI is InChI=1S/C58H39N/c1-2-12-40(13-3-1)45-17-10-18-50(39-45)59(49-33-26-44(27-34-49)53-23-11-16-41-14-4-6-19-51(41)53)48-31-24-43(25-32-48)52-20-8-9-22-55(52)46-29-35-56-47(38-46)30-37-57-54-21-7-5-15-42(54)28-36-58(56)57/h1-39H. The summed E-state index contributed by atoms with van der Waals surface area (Å²) in [6.07, 6.45) is 0. The first-order valence-electron chi connectivity index (χ1n) is 20.3. The number of anilines is 3. The molecule has 0 atom stereocenters. The van der Waals surface area contributed by atoms with Crippen LogP contribution in [0.4, 0.5) is 17.1 Å². The lowest BCUT2D eigenvalue weighted by atomic mass is 9.91. The monoisotopic (exact) mass is 749 g/mol. The third kappa shape index (κ3) is 6.30. The zero-order valence-corrected chi connectivity index (χ0v) is 32.5. The minimum absolute atomic E-state index is 1.10. The highest BCUT2D eigenvalue weighted by molar-refractivity contribution is 6.17. The summed E-state index contributed by atoms with van der Waals surface area (Å²) in [7, 11) is 0. The van der Waals surface area contributed by atoms with E-state index in [0.29, 0.717) is 0 Å². The third-order valence-corrected chi connectivity index (χ3v) is 11.9. The summed E-state index contributed by atoms with van der Waals surface area (Å²) in [5.41, 5.74) is 12.9. The zero-order valence-electron chi connectivity index (χ0n) is 32.5. The average Bonchev–Trinajstić information content (AvgIpc) is 3.32. The van der Waals surface area contributed by atoms with E-state index in [1.165, 1.54) is 87.6 Å². The van der Waals surface area contributed by atoms with Gasteiger partial charge >= 0.3 is 0 Å². The highest BCUT2D eigenvalue weighted by Crippen LogP contribution is 2.41. The second-order valence-electron chi connectivity index (χ2n) is 15.3. The van der Waals surface area contributed by atoms with Crippen LogP contribution in [0.5, 0.6) is 0 Å². The lowest BCUT2D eigenvalue weighted by molar-refractivity contribution is 1.28. The van der Waals surface area contributed by atoms with Crippen LogP contribution in [0.25, 0.3) is 87.6 Å². The van der Waals surface area contributed by atoms with E-state index >= 15 is 0 Å². The topological polar surface area (TPSA) is 3.24 Å². The molecule has 0 aliphatic heterocycles. The van der Waals surface area contributed by atoms with Crippen LogP contribution in [-0.4, -0.2) is 0 Å². The maximum atomic E-state index is 2.37. The lowest BCUT2D eigenvalue weighted by Gasteiger charge is -2.26. The molecule has 0 aliphatic carbocycles.